The number of benzene rings is 2. The normalized spacial score (nSPS) is 19.4. The molecule has 132 valence electrons. The lowest BCUT2D eigenvalue weighted by atomic mass is 9.76. The van der Waals surface area contributed by atoms with E-state index in [1.54, 1.807) is 13.1 Å². The molecule has 0 radical (unpaired) electrons. The van der Waals surface area contributed by atoms with Crippen molar-refractivity contribution in [3.8, 4) is 0 Å². The van der Waals surface area contributed by atoms with Crippen LogP contribution in [0.2, 0.25) is 10.0 Å². The van der Waals surface area contributed by atoms with Crippen molar-refractivity contribution in [2.45, 2.75) is 24.8 Å². The number of amides is 1. The lowest BCUT2D eigenvalue weighted by molar-refractivity contribution is 0.132. The number of nitrogen functional groups attached to an aromatic ring is 1. The molecule has 0 spiro atoms. The van der Waals surface area contributed by atoms with Gasteiger partial charge in [-0.15, -0.1) is 0 Å². The fraction of sp³-hybridized carbons (Fsp3) is 0.278. The van der Waals surface area contributed by atoms with Crippen LogP contribution in [0.25, 0.3) is 0 Å². The lowest BCUT2D eigenvalue weighted by Gasteiger charge is -2.37. The second-order valence-electron chi connectivity index (χ2n) is 6.18. The van der Waals surface area contributed by atoms with E-state index in [9.17, 15) is 9.90 Å². The summed E-state index contributed by atoms with van der Waals surface area (Å²) in [6.45, 7) is 0. The van der Waals surface area contributed by atoms with Crippen molar-refractivity contribution < 1.29 is 9.90 Å². The van der Waals surface area contributed by atoms with Gasteiger partial charge in [-0.05, 0) is 63.7 Å². The molecule has 4 nitrogen and oxygen atoms in total. The minimum absolute atomic E-state index is 0.111. The summed E-state index contributed by atoms with van der Waals surface area (Å²) in [6, 6.07) is 9.21. The topological polar surface area (TPSA) is 66.6 Å². The predicted octanol–water partition coefficient (Wildman–Crippen LogP) is 5.91. The van der Waals surface area contributed by atoms with E-state index >= 15 is 0 Å². The van der Waals surface area contributed by atoms with E-state index in [4.69, 9.17) is 28.9 Å². The maximum atomic E-state index is 11.5. The van der Waals surface area contributed by atoms with Crippen LogP contribution in [0.1, 0.15) is 41.5 Å². The molecule has 2 aromatic carbocycles. The summed E-state index contributed by atoms with van der Waals surface area (Å²) in [6.07, 6.45) is 0.546. The first-order valence-electron chi connectivity index (χ1n) is 7.79. The lowest BCUT2D eigenvalue weighted by Crippen LogP contribution is -2.33. The van der Waals surface area contributed by atoms with E-state index in [1.165, 1.54) is 4.90 Å². The average molecular weight is 444 g/mol. The molecule has 7 heteroatoms. The molecular weight excluding hydrogens is 427 g/mol. The number of carboxylic acid groups (broad SMARTS) is 1. The zero-order chi connectivity index (χ0) is 18.3. The zero-order valence-electron chi connectivity index (χ0n) is 13.5. The Morgan fingerprint density at radius 3 is 2.60 bits per heavy atom. The SMILES string of the molecule is CN(C(=O)O)[C@H]1CC[C@@H](c2ccc(Cl)c(Cl)c2)c2ccc(N)c(Br)c21. The van der Waals surface area contributed by atoms with Gasteiger partial charge in [0.1, 0.15) is 0 Å². The molecule has 0 saturated carbocycles. The van der Waals surface area contributed by atoms with E-state index in [2.05, 4.69) is 15.9 Å². The van der Waals surface area contributed by atoms with E-state index < -0.39 is 6.09 Å². The fourth-order valence-corrected chi connectivity index (χ4v) is 4.42. The van der Waals surface area contributed by atoms with E-state index in [1.807, 2.05) is 24.3 Å². The molecule has 0 unspecified atom stereocenters. The molecule has 1 aliphatic rings. The van der Waals surface area contributed by atoms with Crippen molar-refractivity contribution in [3.63, 3.8) is 0 Å². The van der Waals surface area contributed by atoms with Crippen LogP contribution >= 0.6 is 39.1 Å². The average Bonchev–Trinajstić information content (AvgIpc) is 2.59. The highest BCUT2D eigenvalue weighted by atomic mass is 79.9. The Labute approximate surface area is 164 Å². The number of rotatable bonds is 2. The van der Waals surface area contributed by atoms with Crippen LogP contribution in [-0.2, 0) is 0 Å². The molecule has 0 aliphatic heterocycles. The summed E-state index contributed by atoms with van der Waals surface area (Å²) in [5, 5.41) is 10.4. The van der Waals surface area contributed by atoms with Gasteiger partial charge in [-0.2, -0.15) is 0 Å². The Balaban J connectivity index is 2.13. The van der Waals surface area contributed by atoms with Crippen molar-refractivity contribution in [1.29, 1.82) is 0 Å². The second-order valence-corrected chi connectivity index (χ2v) is 7.79. The highest BCUT2D eigenvalue weighted by Gasteiger charge is 2.34. The maximum absolute atomic E-state index is 11.5. The van der Waals surface area contributed by atoms with Crippen LogP contribution in [0.15, 0.2) is 34.8 Å². The molecule has 0 bridgehead atoms. The molecule has 3 N–H and O–H groups in total. The standard InChI is InChI=1S/C18H17BrCl2N2O2/c1-23(18(24)25)15-7-4-10(9-2-5-12(20)13(21)8-9)11-3-6-14(22)17(19)16(11)15/h2-3,5-6,8,10,15H,4,7,22H2,1H3,(H,24,25)/t10-,15-/m0/s1. The molecule has 2 atom stereocenters. The third-order valence-corrected chi connectivity index (χ3v) is 6.42. The Kier molecular flexibility index (Phi) is 5.19. The van der Waals surface area contributed by atoms with Crippen LogP contribution < -0.4 is 5.73 Å². The van der Waals surface area contributed by atoms with Gasteiger partial charge in [0, 0.05) is 23.1 Å². The van der Waals surface area contributed by atoms with Crippen molar-refractivity contribution in [3.05, 3.63) is 61.5 Å². The van der Waals surface area contributed by atoms with Gasteiger partial charge >= 0.3 is 6.09 Å². The van der Waals surface area contributed by atoms with Crippen LogP contribution in [0.5, 0.6) is 0 Å². The minimum Gasteiger partial charge on any atom is -0.465 e. The Bertz CT molecular complexity index is 844. The smallest absolute Gasteiger partial charge is 0.407 e. The van der Waals surface area contributed by atoms with E-state index in [0.717, 1.165) is 27.6 Å². The van der Waals surface area contributed by atoms with Crippen molar-refractivity contribution in [2.24, 2.45) is 0 Å². The minimum atomic E-state index is -0.960. The van der Waals surface area contributed by atoms with E-state index in [-0.39, 0.29) is 12.0 Å². The van der Waals surface area contributed by atoms with Crippen molar-refractivity contribution >= 4 is 50.9 Å². The Morgan fingerprint density at radius 1 is 1.24 bits per heavy atom. The summed E-state index contributed by atoms with van der Waals surface area (Å²) < 4.78 is 0.757. The van der Waals surface area contributed by atoms with Gasteiger partial charge in [-0.25, -0.2) is 4.79 Å². The summed E-state index contributed by atoms with van der Waals surface area (Å²) in [5.41, 5.74) is 9.70. The maximum Gasteiger partial charge on any atom is 0.407 e. The van der Waals surface area contributed by atoms with Crippen molar-refractivity contribution in [2.75, 3.05) is 12.8 Å². The number of hydrogen-bond donors (Lipinski definition) is 2. The number of halogens is 3. The number of carbonyl (C=O) groups is 1. The molecule has 0 saturated heterocycles. The first-order valence-corrected chi connectivity index (χ1v) is 9.34. The van der Waals surface area contributed by atoms with Gasteiger partial charge in [0.15, 0.2) is 0 Å². The molecule has 2 aromatic rings. The molecular formula is C18H17BrCl2N2O2. The first-order chi connectivity index (χ1) is 11.8. The fourth-order valence-electron chi connectivity index (χ4n) is 3.49. The van der Waals surface area contributed by atoms with Crippen molar-refractivity contribution in [1.82, 2.24) is 4.90 Å². The summed E-state index contributed by atoms with van der Waals surface area (Å²) >= 11 is 15.8. The molecule has 25 heavy (non-hydrogen) atoms. The van der Waals surface area contributed by atoms with Gasteiger partial charge in [0.05, 0.1) is 16.1 Å². The van der Waals surface area contributed by atoms with Gasteiger partial charge in [0.25, 0.3) is 0 Å². The number of anilines is 1. The highest BCUT2D eigenvalue weighted by molar-refractivity contribution is 9.10. The van der Waals surface area contributed by atoms with Crippen LogP contribution in [0.3, 0.4) is 0 Å². The second kappa shape index (κ2) is 7.06. The first kappa shape index (κ1) is 18.4. The number of fused-ring (bicyclic) bond motifs is 1. The van der Waals surface area contributed by atoms with Gasteiger partial charge in [-0.1, -0.05) is 35.3 Å². The molecule has 3 rings (SSSR count). The molecule has 0 aromatic heterocycles. The summed E-state index contributed by atoms with van der Waals surface area (Å²) in [4.78, 5) is 12.8. The largest absolute Gasteiger partial charge is 0.465 e. The molecule has 0 heterocycles. The molecule has 1 amide bonds. The third kappa shape index (κ3) is 3.33. The van der Waals surface area contributed by atoms with Gasteiger partial charge in [-0.3, -0.25) is 0 Å². The van der Waals surface area contributed by atoms with Crippen LogP contribution in [-0.4, -0.2) is 23.1 Å². The van der Waals surface area contributed by atoms with Crippen LogP contribution in [0, 0.1) is 0 Å². The predicted molar refractivity (Wildman–Crippen MR) is 105 cm³/mol. The van der Waals surface area contributed by atoms with Crippen LogP contribution in [0.4, 0.5) is 10.5 Å². The molecule has 1 aliphatic carbocycles. The van der Waals surface area contributed by atoms with E-state index in [0.29, 0.717) is 22.2 Å². The Hall–Kier alpha value is -1.43. The monoisotopic (exact) mass is 442 g/mol. The van der Waals surface area contributed by atoms with Gasteiger partial charge < -0.3 is 15.7 Å². The number of nitrogens with two attached hydrogens (primary N) is 1. The third-order valence-electron chi connectivity index (χ3n) is 4.80. The van der Waals surface area contributed by atoms with Gasteiger partial charge in [0.2, 0.25) is 0 Å². The summed E-state index contributed by atoms with van der Waals surface area (Å²) in [5.74, 6) is 0.111. The quantitative estimate of drug-likeness (QED) is 0.566. The highest BCUT2D eigenvalue weighted by Crippen LogP contribution is 2.48. The number of nitrogens with zero attached hydrogens (tertiary/aromatic N) is 1. The summed E-state index contributed by atoms with van der Waals surface area (Å²) in [7, 11) is 1.59. The number of hydrogen-bond acceptors (Lipinski definition) is 2. The zero-order valence-corrected chi connectivity index (χ0v) is 16.6. The molecule has 0 fully saturated rings. The Morgan fingerprint density at radius 2 is 1.96 bits per heavy atom.